The number of oxazole rings is 1. The Bertz CT molecular complexity index is 1180. The highest BCUT2D eigenvalue weighted by molar-refractivity contribution is 14.0. The maximum absolute atomic E-state index is 5.66. The number of rotatable bonds is 8. The summed E-state index contributed by atoms with van der Waals surface area (Å²) in [6.07, 6.45) is 3.27. The van der Waals surface area contributed by atoms with E-state index in [0.29, 0.717) is 25.5 Å². The normalized spacial score (nSPS) is 11.2. The molecule has 2 N–H and O–H groups in total. The molecule has 178 valence electrons. The summed E-state index contributed by atoms with van der Waals surface area (Å²) in [5, 5.41) is 10.8. The van der Waals surface area contributed by atoms with Gasteiger partial charge in [-0.1, -0.05) is 48.5 Å². The molecule has 0 aliphatic rings. The Labute approximate surface area is 217 Å². The number of hydrogen-bond acceptors (Lipinski definition) is 5. The quantitative estimate of drug-likeness (QED) is 0.184. The van der Waals surface area contributed by atoms with Crippen LogP contribution in [-0.4, -0.2) is 32.3 Å². The first kappa shape index (κ1) is 25.4. The zero-order valence-electron chi connectivity index (χ0n) is 19.7. The predicted octanol–water partition coefficient (Wildman–Crippen LogP) is 4.47. The van der Waals surface area contributed by atoms with E-state index in [0.717, 1.165) is 35.1 Å². The Morgan fingerprint density at radius 3 is 2.53 bits per heavy atom. The number of halogens is 1. The number of aryl methyl sites for hydroxylation is 2. The number of aliphatic imine (C=N–C) groups is 1. The van der Waals surface area contributed by atoms with Gasteiger partial charge in [0.05, 0.1) is 25.3 Å². The van der Waals surface area contributed by atoms with Crippen molar-refractivity contribution >= 4 is 29.9 Å². The van der Waals surface area contributed by atoms with Gasteiger partial charge in [-0.25, -0.2) is 19.6 Å². The van der Waals surface area contributed by atoms with Crippen LogP contribution in [0.1, 0.15) is 35.4 Å². The standard InChI is InChI=1S/C25H29N7O.HI/c1-4-27-25(29-14-24-31-18(2)19(3)33-24)28-13-22-7-5-6-8-23(22)21-11-9-20(10-12-21)15-32-17-26-16-30-32;/h5-12,16-17H,4,13-15H2,1-3H3,(H2,27,28,29);1H. The largest absolute Gasteiger partial charge is 0.444 e. The summed E-state index contributed by atoms with van der Waals surface area (Å²) in [7, 11) is 0. The van der Waals surface area contributed by atoms with Crippen molar-refractivity contribution in [3.05, 3.63) is 89.7 Å². The van der Waals surface area contributed by atoms with Crippen LogP contribution in [0.5, 0.6) is 0 Å². The maximum atomic E-state index is 5.66. The lowest BCUT2D eigenvalue weighted by atomic mass is 9.98. The van der Waals surface area contributed by atoms with Crippen LogP contribution >= 0.6 is 24.0 Å². The molecular weight excluding hydrogens is 541 g/mol. The molecule has 0 amide bonds. The Kier molecular flexibility index (Phi) is 9.20. The highest BCUT2D eigenvalue weighted by Crippen LogP contribution is 2.25. The van der Waals surface area contributed by atoms with Gasteiger partial charge in [0.1, 0.15) is 18.4 Å². The highest BCUT2D eigenvalue weighted by Gasteiger charge is 2.08. The summed E-state index contributed by atoms with van der Waals surface area (Å²) >= 11 is 0. The molecule has 4 aromatic rings. The molecule has 0 aliphatic heterocycles. The molecule has 0 spiro atoms. The molecule has 4 rings (SSSR count). The molecular formula is C25H30IN7O. The minimum Gasteiger partial charge on any atom is -0.444 e. The van der Waals surface area contributed by atoms with Gasteiger partial charge in [-0.05, 0) is 43.0 Å². The van der Waals surface area contributed by atoms with Crippen LogP contribution in [-0.2, 0) is 19.6 Å². The Hall–Kier alpha value is -3.21. The third-order valence-corrected chi connectivity index (χ3v) is 5.33. The molecule has 0 bridgehead atoms. The van der Waals surface area contributed by atoms with Crippen LogP contribution in [0.4, 0.5) is 0 Å². The molecule has 2 aromatic heterocycles. The van der Waals surface area contributed by atoms with E-state index in [1.165, 1.54) is 11.1 Å². The van der Waals surface area contributed by atoms with Crippen molar-refractivity contribution in [2.24, 2.45) is 4.99 Å². The minimum atomic E-state index is 0. The monoisotopic (exact) mass is 571 g/mol. The molecule has 2 heterocycles. The molecule has 34 heavy (non-hydrogen) atoms. The van der Waals surface area contributed by atoms with E-state index >= 15 is 0 Å². The van der Waals surface area contributed by atoms with Crippen LogP contribution in [0, 0.1) is 13.8 Å². The van der Waals surface area contributed by atoms with Gasteiger partial charge in [-0.15, -0.1) is 24.0 Å². The van der Waals surface area contributed by atoms with E-state index in [4.69, 9.17) is 9.41 Å². The van der Waals surface area contributed by atoms with Gasteiger partial charge in [0, 0.05) is 6.54 Å². The van der Waals surface area contributed by atoms with Gasteiger partial charge >= 0.3 is 0 Å². The zero-order valence-corrected chi connectivity index (χ0v) is 22.0. The summed E-state index contributed by atoms with van der Waals surface area (Å²) in [6, 6.07) is 16.9. The number of nitrogens with zero attached hydrogens (tertiary/aromatic N) is 5. The fourth-order valence-electron chi connectivity index (χ4n) is 3.51. The second kappa shape index (κ2) is 12.3. The molecule has 0 unspecified atom stereocenters. The summed E-state index contributed by atoms with van der Waals surface area (Å²) in [5.74, 6) is 2.22. The van der Waals surface area contributed by atoms with Crippen LogP contribution in [0.2, 0.25) is 0 Å². The molecule has 0 atom stereocenters. The van der Waals surface area contributed by atoms with Crippen LogP contribution in [0.15, 0.2) is 70.6 Å². The highest BCUT2D eigenvalue weighted by atomic mass is 127. The lowest BCUT2D eigenvalue weighted by molar-refractivity contribution is 0.463. The van der Waals surface area contributed by atoms with Crippen molar-refractivity contribution in [3.63, 3.8) is 0 Å². The molecule has 0 saturated carbocycles. The van der Waals surface area contributed by atoms with Crippen LogP contribution in [0.25, 0.3) is 11.1 Å². The SMILES string of the molecule is CCNC(=NCc1ccccc1-c1ccc(Cn2cncn2)cc1)NCc1nc(C)c(C)o1.I. The number of hydrogen-bond donors (Lipinski definition) is 2. The van der Waals surface area contributed by atoms with Gasteiger partial charge in [0.25, 0.3) is 0 Å². The number of aromatic nitrogens is 4. The summed E-state index contributed by atoms with van der Waals surface area (Å²) in [5.41, 5.74) is 5.57. The molecule has 0 radical (unpaired) electrons. The van der Waals surface area contributed by atoms with Crippen LogP contribution < -0.4 is 10.6 Å². The number of nitrogens with one attached hydrogen (secondary N) is 2. The van der Waals surface area contributed by atoms with Gasteiger partial charge in [0.2, 0.25) is 5.89 Å². The van der Waals surface area contributed by atoms with Crippen molar-refractivity contribution < 1.29 is 4.42 Å². The number of benzene rings is 2. The third-order valence-electron chi connectivity index (χ3n) is 5.33. The lowest BCUT2D eigenvalue weighted by Crippen LogP contribution is -2.36. The maximum Gasteiger partial charge on any atom is 0.214 e. The second-order valence-corrected chi connectivity index (χ2v) is 7.75. The van der Waals surface area contributed by atoms with E-state index in [1.807, 2.05) is 31.5 Å². The smallest absolute Gasteiger partial charge is 0.214 e. The van der Waals surface area contributed by atoms with Gasteiger partial charge < -0.3 is 15.1 Å². The zero-order chi connectivity index (χ0) is 23.0. The Balaban J connectivity index is 0.00000324. The van der Waals surface area contributed by atoms with Gasteiger partial charge in [0.15, 0.2) is 5.96 Å². The minimum absolute atomic E-state index is 0. The van der Waals surface area contributed by atoms with Crippen molar-refractivity contribution in [2.45, 2.75) is 40.4 Å². The summed E-state index contributed by atoms with van der Waals surface area (Å²) < 4.78 is 7.47. The Morgan fingerprint density at radius 2 is 1.85 bits per heavy atom. The topological polar surface area (TPSA) is 93.2 Å². The average Bonchev–Trinajstić information content (AvgIpc) is 3.45. The van der Waals surface area contributed by atoms with Crippen LogP contribution in [0.3, 0.4) is 0 Å². The van der Waals surface area contributed by atoms with Crippen molar-refractivity contribution in [2.75, 3.05) is 6.54 Å². The molecule has 2 aromatic carbocycles. The van der Waals surface area contributed by atoms with Crippen molar-refractivity contribution in [1.29, 1.82) is 0 Å². The fraction of sp³-hybridized carbons (Fsp3) is 0.280. The average molecular weight is 571 g/mol. The Morgan fingerprint density at radius 1 is 1.06 bits per heavy atom. The van der Waals surface area contributed by atoms with E-state index in [2.05, 4.69) is 68.2 Å². The van der Waals surface area contributed by atoms with E-state index < -0.39 is 0 Å². The molecule has 0 fully saturated rings. The van der Waals surface area contributed by atoms with Gasteiger partial charge in [-0.3, -0.25) is 0 Å². The second-order valence-electron chi connectivity index (χ2n) is 7.75. The number of guanidine groups is 1. The molecule has 9 heteroatoms. The summed E-state index contributed by atoms with van der Waals surface area (Å²) in [6.45, 7) is 8.41. The first-order valence-electron chi connectivity index (χ1n) is 11.1. The third kappa shape index (κ3) is 6.66. The van der Waals surface area contributed by atoms with E-state index in [-0.39, 0.29) is 24.0 Å². The molecule has 0 saturated heterocycles. The predicted molar refractivity (Wildman–Crippen MR) is 144 cm³/mol. The first-order valence-corrected chi connectivity index (χ1v) is 11.1. The summed E-state index contributed by atoms with van der Waals surface area (Å²) in [4.78, 5) is 13.2. The molecule has 8 nitrogen and oxygen atoms in total. The van der Waals surface area contributed by atoms with Crippen molar-refractivity contribution in [1.82, 2.24) is 30.4 Å². The van der Waals surface area contributed by atoms with Crippen molar-refractivity contribution in [3.8, 4) is 11.1 Å². The fourth-order valence-corrected chi connectivity index (χ4v) is 3.51. The van der Waals surface area contributed by atoms with Gasteiger partial charge in [-0.2, -0.15) is 5.10 Å². The van der Waals surface area contributed by atoms with E-state index in [9.17, 15) is 0 Å². The lowest BCUT2D eigenvalue weighted by Gasteiger charge is -2.12. The first-order chi connectivity index (χ1) is 16.1. The molecule has 0 aliphatic carbocycles. The van der Waals surface area contributed by atoms with E-state index in [1.54, 1.807) is 12.7 Å².